The molecule has 2 aliphatic heterocycles. The number of likely N-dealkylation sites (tertiary alicyclic amines) is 1. The van der Waals surface area contributed by atoms with E-state index >= 15 is 0 Å². The molecule has 8 nitrogen and oxygen atoms in total. The first-order chi connectivity index (χ1) is 12.6. The molecule has 1 amide bonds. The molecule has 2 heterocycles. The maximum Gasteiger partial charge on any atom is 0.329 e. The number of benzene rings is 1. The lowest BCUT2D eigenvalue weighted by atomic mass is 10.1. The predicted octanol–water partition coefficient (Wildman–Crippen LogP) is 1.06. The Morgan fingerprint density at radius 2 is 2.00 bits per heavy atom. The van der Waals surface area contributed by atoms with Crippen LogP contribution in [0, 0.1) is 0 Å². The summed E-state index contributed by atoms with van der Waals surface area (Å²) in [5, 5.41) is 2.72. The Balaban J connectivity index is 1.73. The van der Waals surface area contributed by atoms with Gasteiger partial charge in [0.05, 0.1) is 0 Å². The number of ether oxygens (including phenoxy) is 1. The summed E-state index contributed by atoms with van der Waals surface area (Å²) in [5.41, 5.74) is 0.0715. The fraction of sp³-hybridized carbons (Fsp3) is 0.500. The van der Waals surface area contributed by atoms with Crippen LogP contribution in [-0.2, 0) is 24.3 Å². The van der Waals surface area contributed by atoms with E-state index in [0.717, 1.165) is 0 Å². The SMILES string of the molecule is CC(C)(C)NC(=O)COC(=O)[C@@H]1CCCN1C1=NS(=O)(=O)c2ccccc21. The van der Waals surface area contributed by atoms with Crippen LogP contribution in [0.15, 0.2) is 33.6 Å². The minimum absolute atomic E-state index is 0.142. The third-order valence-corrected chi connectivity index (χ3v) is 5.59. The number of amides is 1. The number of amidine groups is 1. The van der Waals surface area contributed by atoms with Crippen LogP contribution in [0.1, 0.15) is 39.2 Å². The molecule has 1 N–H and O–H groups in total. The number of fused-ring (bicyclic) bond motifs is 1. The normalized spacial score (nSPS) is 20.8. The topological polar surface area (TPSA) is 105 Å². The van der Waals surface area contributed by atoms with Crippen molar-refractivity contribution in [1.82, 2.24) is 10.2 Å². The van der Waals surface area contributed by atoms with Gasteiger partial charge in [0.1, 0.15) is 10.9 Å². The van der Waals surface area contributed by atoms with Crippen LogP contribution >= 0.6 is 0 Å². The number of hydrogen-bond donors (Lipinski definition) is 1. The van der Waals surface area contributed by atoms with Crippen LogP contribution in [0.25, 0.3) is 0 Å². The highest BCUT2D eigenvalue weighted by Gasteiger charge is 2.40. The maximum atomic E-state index is 12.5. The molecule has 0 radical (unpaired) electrons. The average molecular weight is 393 g/mol. The van der Waals surface area contributed by atoms with E-state index < -0.39 is 27.6 Å². The highest BCUT2D eigenvalue weighted by atomic mass is 32.2. The number of nitrogens with one attached hydrogen (secondary N) is 1. The minimum Gasteiger partial charge on any atom is -0.454 e. The molecule has 3 rings (SSSR count). The highest BCUT2D eigenvalue weighted by Crippen LogP contribution is 2.31. The molecule has 0 bridgehead atoms. The summed E-state index contributed by atoms with van der Waals surface area (Å²) in [6.07, 6.45) is 1.22. The van der Waals surface area contributed by atoms with Gasteiger partial charge in [0.15, 0.2) is 12.4 Å². The molecule has 1 saturated heterocycles. The van der Waals surface area contributed by atoms with Crippen LogP contribution in [0.2, 0.25) is 0 Å². The van der Waals surface area contributed by atoms with Crippen molar-refractivity contribution in [2.24, 2.45) is 4.40 Å². The molecular weight excluding hydrogens is 370 g/mol. The van der Waals surface area contributed by atoms with Gasteiger partial charge in [-0.3, -0.25) is 4.79 Å². The lowest BCUT2D eigenvalue weighted by Gasteiger charge is -2.25. The minimum atomic E-state index is -3.76. The van der Waals surface area contributed by atoms with Crippen molar-refractivity contribution < 1.29 is 22.7 Å². The summed E-state index contributed by atoms with van der Waals surface area (Å²) in [4.78, 5) is 26.2. The van der Waals surface area contributed by atoms with Crippen LogP contribution < -0.4 is 5.32 Å². The van der Waals surface area contributed by atoms with E-state index in [4.69, 9.17) is 4.74 Å². The van der Waals surface area contributed by atoms with Gasteiger partial charge in [-0.1, -0.05) is 12.1 Å². The molecule has 146 valence electrons. The van der Waals surface area contributed by atoms with Gasteiger partial charge in [0.2, 0.25) is 0 Å². The Hall–Kier alpha value is -2.42. The van der Waals surface area contributed by atoms with E-state index in [1.807, 2.05) is 20.8 Å². The first kappa shape index (κ1) is 19.3. The van der Waals surface area contributed by atoms with Crippen molar-refractivity contribution in [3.05, 3.63) is 29.8 Å². The second kappa shape index (κ2) is 6.95. The Labute approximate surface area is 158 Å². The van der Waals surface area contributed by atoms with Crippen LogP contribution in [0.3, 0.4) is 0 Å². The molecule has 27 heavy (non-hydrogen) atoms. The van der Waals surface area contributed by atoms with Crippen molar-refractivity contribution in [3.63, 3.8) is 0 Å². The standard InChI is InChI=1S/C18H23N3O5S/c1-18(2,3)19-15(22)11-26-17(23)13-8-6-10-21(13)16-12-7-4-5-9-14(12)27(24,25)20-16/h4-5,7,9,13H,6,8,10-11H2,1-3H3,(H,19,22)/t13-/m0/s1. The summed E-state index contributed by atoms with van der Waals surface area (Å²) >= 11 is 0. The van der Waals surface area contributed by atoms with E-state index in [9.17, 15) is 18.0 Å². The lowest BCUT2D eigenvalue weighted by Crippen LogP contribution is -2.45. The first-order valence-electron chi connectivity index (χ1n) is 8.77. The van der Waals surface area contributed by atoms with Crippen molar-refractivity contribution in [2.75, 3.05) is 13.2 Å². The molecule has 0 unspecified atom stereocenters. The first-order valence-corrected chi connectivity index (χ1v) is 10.2. The van der Waals surface area contributed by atoms with Gasteiger partial charge in [-0.15, -0.1) is 4.40 Å². The number of carbonyl (C=O) groups excluding carboxylic acids is 2. The molecule has 9 heteroatoms. The number of carbonyl (C=O) groups is 2. The monoisotopic (exact) mass is 393 g/mol. The van der Waals surface area contributed by atoms with Crippen molar-refractivity contribution in [2.45, 2.75) is 50.1 Å². The Morgan fingerprint density at radius 3 is 2.70 bits per heavy atom. The summed E-state index contributed by atoms with van der Waals surface area (Å²) in [7, 11) is -3.76. The summed E-state index contributed by atoms with van der Waals surface area (Å²) in [6.45, 7) is 5.63. The Kier molecular flexibility index (Phi) is 4.98. The summed E-state index contributed by atoms with van der Waals surface area (Å²) < 4.78 is 33.6. The van der Waals surface area contributed by atoms with Crippen LogP contribution in [0.5, 0.6) is 0 Å². The molecule has 0 aromatic heterocycles. The average Bonchev–Trinajstić information content (AvgIpc) is 3.14. The van der Waals surface area contributed by atoms with E-state index in [2.05, 4.69) is 9.71 Å². The van der Waals surface area contributed by atoms with Crippen molar-refractivity contribution in [3.8, 4) is 0 Å². The van der Waals surface area contributed by atoms with Gasteiger partial charge < -0.3 is 15.0 Å². The van der Waals surface area contributed by atoms with Gasteiger partial charge in [0, 0.05) is 17.6 Å². The lowest BCUT2D eigenvalue weighted by molar-refractivity contribution is -0.152. The second-order valence-electron chi connectivity index (χ2n) is 7.64. The van der Waals surface area contributed by atoms with E-state index in [0.29, 0.717) is 24.9 Å². The smallest absolute Gasteiger partial charge is 0.329 e. The molecule has 1 atom stereocenters. The van der Waals surface area contributed by atoms with Gasteiger partial charge in [-0.2, -0.15) is 8.42 Å². The number of hydrogen-bond acceptors (Lipinski definition) is 6. The van der Waals surface area contributed by atoms with Gasteiger partial charge >= 0.3 is 5.97 Å². The van der Waals surface area contributed by atoms with Gasteiger partial charge in [0.25, 0.3) is 15.9 Å². The van der Waals surface area contributed by atoms with E-state index in [-0.39, 0.29) is 23.2 Å². The number of sulfonamides is 1. The van der Waals surface area contributed by atoms with E-state index in [1.165, 1.54) is 6.07 Å². The summed E-state index contributed by atoms with van der Waals surface area (Å²) in [5.74, 6) is -0.670. The van der Waals surface area contributed by atoms with Crippen molar-refractivity contribution >= 4 is 27.7 Å². The number of esters is 1. The molecular formula is C18H23N3O5S. The highest BCUT2D eigenvalue weighted by molar-refractivity contribution is 7.90. The number of rotatable bonds is 3. The number of nitrogens with zero attached hydrogens (tertiary/aromatic N) is 2. The fourth-order valence-electron chi connectivity index (χ4n) is 3.25. The summed E-state index contributed by atoms with van der Waals surface area (Å²) in [6, 6.07) is 5.89. The molecule has 1 aromatic carbocycles. The third kappa shape index (κ3) is 4.13. The zero-order valence-corrected chi connectivity index (χ0v) is 16.4. The molecule has 0 saturated carbocycles. The van der Waals surface area contributed by atoms with Gasteiger partial charge in [-0.25, -0.2) is 4.79 Å². The van der Waals surface area contributed by atoms with Crippen LogP contribution in [0.4, 0.5) is 0 Å². The van der Waals surface area contributed by atoms with E-state index in [1.54, 1.807) is 23.1 Å². The molecule has 1 aromatic rings. The Bertz CT molecular complexity index is 902. The zero-order chi connectivity index (χ0) is 19.8. The zero-order valence-electron chi connectivity index (χ0n) is 15.6. The third-order valence-electron chi connectivity index (χ3n) is 4.27. The largest absolute Gasteiger partial charge is 0.454 e. The van der Waals surface area contributed by atoms with Crippen molar-refractivity contribution in [1.29, 1.82) is 0 Å². The molecule has 0 aliphatic carbocycles. The quantitative estimate of drug-likeness (QED) is 0.770. The maximum absolute atomic E-state index is 12.5. The molecule has 2 aliphatic rings. The molecule has 0 spiro atoms. The molecule has 1 fully saturated rings. The second-order valence-corrected chi connectivity index (χ2v) is 9.22. The Morgan fingerprint density at radius 1 is 1.30 bits per heavy atom. The van der Waals surface area contributed by atoms with Crippen LogP contribution in [-0.4, -0.2) is 55.8 Å². The van der Waals surface area contributed by atoms with Gasteiger partial charge in [-0.05, 0) is 45.7 Å². The predicted molar refractivity (Wildman–Crippen MR) is 98.7 cm³/mol. The fourth-order valence-corrected chi connectivity index (χ4v) is 4.47.